The third-order valence-electron chi connectivity index (χ3n) is 1.52. The van der Waals surface area contributed by atoms with Crippen molar-refractivity contribution in [2.24, 2.45) is 10.7 Å². The van der Waals surface area contributed by atoms with Crippen LogP contribution in [0.2, 0.25) is 0 Å². The Bertz CT molecular complexity index is 163. The molecular formula is C7H14N2O. The SMILES string of the molecule is CC1CC(C)(C)N=C(N)O1. The van der Waals surface area contributed by atoms with Gasteiger partial charge in [-0.3, -0.25) is 0 Å². The van der Waals surface area contributed by atoms with Crippen LogP contribution in [-0.4, -0.2) is 17.7 Å². The monoisotopic (exact) mass is 142 g/mol. The van der Waals surface area contributed by atoms with Crippen LogP contribution in [0.15, 0.2) is 4.99 Å². The van der Waals surface area contributed by atoms with E-state index in [1.54, 1.807) is 0 Å². The lowest BCUT2D eigenvalue weighted by Crippen LogP contribution is -2.37. The maximum Gasteiger partial charge on any atom is 0.282 e. The predicted octanol–water partition coefficient (Wildman–Crippen LogP) is 0.889. The van der Waals surface area contributed by atoms with Gasteiger partial charge in [0, 0.05) is 6.42 Å². The van der Waals surface area contributed by atoms with Crippen molar-refractivity contribution in [2.75, 3.05) is 0 Å². The Balaban J connectivity index is 2.74. The van der Waals surface area contributed by atoms with Crippen LogP contribution in [-0.2, 0) is 4.74 Å². The smallest absolute Gasteiger partial charge is 0.282 e. The van der Waals surface area contributed by atoms with Crippen LogP contribution in [0.5, 0.6) is 0 Å². The Morgan fingerprint density at radius 2 is 2.30 bits per heavy atom. The Morgan fingerprint density at radius 3 is 2.70 bits per heavy atom. The molecule has 0 saturated heterocycles. The largest absolute Gasteiger partial charge is 0.462 e. The third kappa shape index (κ3) is 1.62. The third-order valence-corrected chi connectivity index (χ3v) is 1.52. The fraction of sp³-hybridized carbons (Fsp3) is 0.857. The summed E-state index contributed by atoms with van der Waals surface area (Å²) in [7, 11) is 0. The summed E-state index contributed by atoms with van der Waals surface area (Å²) in [4.78, 5) is 4.14. The molecule has 0 radical (unpaired) electrons. The number of nitrogens with zero attached hydrogens (tertiary/aromatic N) is 1. The zero-order valence-corrected chi connectivity index (χ0v) is 6.72. The molecule has 0 spiro atoms. The van der Waals surface area contributed by atoms with Crippen molar-refractivity contribution in [1.82, 2.24) is 0 Å². The summed E-state index contributed by atoms with van der Waals surface area (Å²) >= 11 is 0. The number of hydrogen-bond donors (Lipinski definition) is 1. The molecule has 58 valence electrons. The van der Waals surface area contributed by atoms with Gasteiger partial charge in [-0.25, -0.2) is 4.99 Å². The molecule has 0 aliphatic carbocycles. The van der Waals surface area contributed by atoms with E-state index in [1.165, 1.54) is 0 Å². The van der Waals surface area contributed by atoms with E-state index in [2.05, 4.69) is 18.8 Å². The first-order chi connectivity index (χ1) is 4.49. The Hall–Kier alpha value is -0.730. The topological polar surface area (TPSA) is 47.6 Å². The molecule has 2 N–H and O–H groups in total. The zero-order chi connectivity index (χ0) is 7.78. The number of rotatable bonds is 0. The van der Waals surface area contributed by atoms with E-state index < -0.39 is 0 Å². The Labute approximate surface area is 61.3 Å². The highest BCUT2D eigenvalue weighted by molar-refractivity contribution is 5.72. The highest BCUT2D eigenvalue weighted by Gasteiger charge is 2.26. The van der Waals surface area contributed by atoms with E-state index in [0.29, 0.717) is 6.02 Å². The number of ether oxygens (including phenoxy) is 1. The summed E-state index contributed by atoms with van der Waals surface area (Å²) in [6.45, 7) is 6.11. The van der Waals surface area contributed by atoms with Crippen LogP contribution in [0.3, 0.4) is 0 Å². The van der Waals surface area contributed by atoms with Crippen molar-refractivity contribution >= 4 is 6.02 Å². The summed E-state index contributed by atoms with van der Waals surface area (Å²) in [5.74, 6) is 0. The Morgan fingerprint density at radius 1 is 1.70 bits per heavy atom. The molecule has 0 aromatic rings. The lowest BCUT2D eigenvalue weighted by Gasteiger charge is -2.29. The van der Waals surface area contributed by atoms with E-state index in [0.717, 1.165) is 6.42 Å². The van der Waals surface area contributed by atoms with Gasteiger partial charge in [-0.05, 0) is 20.8 Å². The molecule has 1 aliphatic heterocycles. The van der Waals surface area contributed by atoms with Gasteiger partial charge < -0.3 is 10.5 Å². The zero-order valence-electron chi connectivity index (χ0n) is 6.72. The summed E-state index contributed by atoms with van der Waals surface area (Å²) in [6.07, 6.45) is 1.14. The quantitative estimate of drug-likeness (QED) is 0.546. The van der Waals surface area contributed by atoms with Gasteiger partial charge in [0.05, 0.1) is 5.54 Å². The lowest BCUT2D eigenvalue weighted by molar-refractivity contribution is 0.142. The van der Waals surface area contributed by atoms with Crippen molar-refractivity contribution in [2.45, 2.75) is 38.8 Å². The number of nitrogens with two attached hydrogens (primary N) is 1. The van der Waals surface area contributed by atoms with Crippen molar-refractivity contribution in [3.63, 3.8) is 0 Å². The average Bonchev–Trinajstić information content (AvgIpc) is 1.54. The van der Waals surface area contributed by atoms with Crippen LogP contribution in [0.4, 0.5) is 0 Å². The second-order valence-corrected chi connectivity index (χ2v) is 3.40. The van der Waals surface area contributed by atoms with Crippen LogP contribution < -0.4 is 5.73 Å². The minimum Gasteiger partial charge on any atom is -0.462 e. The van der Waals surface area contributed by atoms with E-state index in [9.17, 15) is 0 Å². The maximum absolute atomic E-state index is 5.43. The van der Waals surface area contributed by atoms with Gasteiger partial charge in [-0.1, -0.05) is 0 Å². The molecule has 0 bridgehead atoms. The van der Waals surface area contributed by atoms with Gasteiger partial charge in [0.15, 0.2) is 0 Å². The first-order valence-corrected chi connectivity index (χ1v) is 3.51. The molecular weight excluding hydrogens is 128 g/mol. The second kappa shape index (κ2) is 2.15. The van der Waals surface area contributed by atoms with E-state index in [4.69, 9.17) is 10.5 Å². The van der Waals surface area contributed by atoms with Gasteiger partial charge in [0.25, 0.3) is 6.02 Å². The molecule has 1 unspecified atom stereocenters. The first kappa shape index (κ1) is 7.38. The predicted molar refractivity (Wildman–Crippen MR) is 40.9 cm³/mol. The van der Waals surface area contributed by atoms with Crippen molar-refractivity contribution in [1.29, 1.82) is 0 Å². The van der Waals surface area contributed by atoms with Crippen LogP contribution in [0, 0.1) is 0 Å². The normalized spacial score (nSPS) is 30.7. The molecule has 0 aromatic heterocycles. The van der Waals surface area contributed by atoms with E-state index in [1.807, 2.05) is 6.92 Å². The molecule has 0 amide bonds. The fourth-order valence-electron chi connectivity index (χ4n) is 1.32. The summed E-state index contributed by atoms with van der Waals surface area (Å²) < 4.78 is 5.15. The molecule has 1 atom stereocenters. The molecule has 0 fully saturated rings. The molecule has 3 heteroatoms. The van der Waals surface area contributed by atoms with Gasteiger partial charge in [0.1, 0.15) is 6.10 Å². The van der Waals surface area contributed by atoms with Crippen LogP contribution >= 0.6 is 0 Å². The Kier molecular flexibility index (Phi) is 1.58. The number of aliphatic imine (C=N–C) groups is 1. The fourth-order valence-corrected chi connectivity index (χ4v) is 1.32. The van der Waals surface area contributed by atoms with Gasteiger partial charge in [-0.2, -0.15) is 0 Å². The second-order valence-electron chi connectivity index (χ2n) is 3.40. The van der Waals surface area contributed by atoms with E-state index in [-0.39, 0.29) is 11.6 Å². The molecule has 0 saturated carbocycles. The summed E-state index contributed by atoms with van der Waals surface area (Å²) in [6, 6.07) is 0.323. The van der Waals surface area contributed by atoms with Crippen LogP contribution in [0.1, 0.15) is 27.2 Å². The molecule has 1 heterocycles. The average molecular weight is 142 g/mol. The van der Waals surface area contributed by atoms with Crippen molar-refractivity contribution in [3.05, 3.63) is 0 Å². The minimum absolute atomic E-state index is 0.0399. The van der Waals surface area contributed by atoms with Crippen LogP contribution in [0.25, 0.3) is 0 Å². The molecule has 0 aromatic carbocycles. The standard InChI is InChI=1S/C7H14N2O/c1-5-4-7(2,3)9-6(8)10-5/h5H,4H2,1-3H3,(H2,8,9). The number of hydrogen-bond acceptors (Lipinski definition) is 3. The molecule has 1 rings (SSSR count). The first-order valence-electron chi connectivity index (χ1n) is 3.51. The van der Waals surface area contributed by atoms with Crippen molar-refractivity contribution < 1.29 is 4.74 Å². The van der Waals surface area contributed by atoms with Gasteiger partial charge in [0.2, 0.25) is 0 Å². The molecule has 1 aliphatic rings. The highest BCUT2D eigenvalue weighted by atomic mass is 16.5. The molecule has 3 nitrogen and oxygen atoms in total. The van der Waals surface area contributed by atoms with E-state index >= 15 is 0 Å². The maximum atomic E-state index is 5.43. The highest BCUT2D eigenvalue weighted by Crippen LogP contribution is 2.22. The van der Waals surface area contributed by atoms with Gasteiger partial charge >= 0.3 is 0 Å². The van der Waals surface area contributed by atoms with Crippen molar-refractivity contribution in [3.8, 4) is 0 Å². The lowest BCUT2D eigenvalue weighted by atomic mass is 9.97. The summed E-state index contributed by atoms with van der Waals surface area (Å²) in [5, 5.41) is 0. The summed E-state index contributed by atoms with van der Waals surface area (Å²) in [5.41, 5.74) is 5.39. The minimum atomic E-state index is -0.0399. The number of amidine groups is 1. The molecule has 10 heavy (non-hydrogen) atoms. The van der Waals surface area contributed by atoms with Gasteiger partial charge in [-0.15, -0.1) is 0 Å².